The predicted molar refractivity (Wildman–Crippen MR) is 88.4 cm³/mol. The van der Waals surface area contributed by atoms with Gasteiger partial charge in [-0.25, -0.2) is 0 Å². The molecule has 8 heteroatoms. The van der Waals surface area contributed by atoms with Gasteiger partial charge in [-0.2, -0.15) is 13.2 Å². The van der Waals surface area contributed by atoms with E-state index in [9.17, 15) is 26.3 Å². The van der Waals surface area contributed by atoms with E-state index < -0.39 is 23.9 Å². The molecular weight excluding hydrogens is 372 g/mol. The molecule has 3 rings (SSSR count). The van der Waals surface area contributed by atoms with Gasteiger partial charge in [-0.05, 0) is 72.8 Å². The van der Waals surface area contributed by atoms with E-state index in [0.717, 1.165) is 44.1 Å². The molecule has 0 bridgehead atoms. The molecule has 1 aliphatic heterocycles. The summed E-state index contributed by atoms with van der Waals surface area (Å²) in [5, 5.41) is 3.17. The Hall–Kier alpha value is -2.22. The van der Waals surface area contributed by atoms with Crippen LogP contribution >= 0.6 is 0 Å². The van der Waals surface area contributed by atoms with E-state index in [2.05, 4.69) is 10.1 Å². The average Bonchev–Trinajstić information content (AvgIpc) is 2.61. The lowest BCUT2D eigenvalue weighted by atomic mass is 9.87. The Balaban J connectivity index is 1.96. The lowest BCUT2D eigenvalue weighted by molar-refractivity contribution is -0.274. The van der Waals surface area contributed by atoms with Crippen LogP contribution in [-0.2, 0) is 6.18 Å². The molecule has 0 amide bonds. The molecule has 2 aromatic rings. The Bertz CT molecular complexity index is 776. The summed E-state index contributed by atoms with van der Waals surface area (Å²) in [7, 11) is 0. The summed E-state index contributed by atoms with van der Waals surface area (Å²) in [5.74, 6) is -0.406. The van der Waals surface area contributed by atoms with Crippen molar-refractivity contribution in [3.63, 3.8) is 0 Å². The minimum absolute atomic E-state index is 0.0140. The van der Waals surface area contributed by atoms with Crippen LogP contribution in [0, 0.1) is 0 Å². The van der Waals surface area contributed by atoms with Crippen molar-refractivity contribution in [2.24, 2.45) is 0 Å². The van der Waals surface area contributed by atoms with Gasteiger partial charge in [0.2, 0.25) is 0 Å². The third kappa shape index (κ3) is 5.15. The fourth-order valence-electron chi connectivity index (χ4n) is 3.22. The SMILES string of the molecule is FC(F)(F)Oc1ccc(-c2cc(C3CCNCC3)cc(C(F)(F)F)c2)cc1. The summed E-state index contributed by atoms with van der Waals surface area (Å²) in [4.78, 5) is 0. The number of benzene rings is 2. The molecular formula is C19H17F6NO. The van der Waals surface area contributed by atoms with Gasteiger partial charge in [0.25, 0.3) is 0 Å². The highest BCUT2D eigenvalue weighted by molar-refractivity contribution is 5.66. The van der Waals surface area contributed by atoms with Crippen LogP contribution < -0.4 is 10.1 Å². The average molecular weight is 389 g/mol. The largest absolute Gasteiger partial charge is 0.573 e. The number of alkyl halides is 6. The quantitative estimate of drug-likeness (QED) is 0.676. The minimum atomic E-state index is -4.82. The topological polar surface area (TPSA) is 21.3 Å². The molecule has 0 aliphatic carbocycles. The molecule has 0 unspecified atom stereocenters. The van der Waals surface area contributed by atoms with Crippen LogP contribution in [-0.4, -0.2) is 19.5 Å². The molecule has 0 spiro atoms. The van der Waals surface area contributed by atoms with E-state index in [-0.39, 0.29) is 5.92 Å². The molecule has 2 nitrogen and oxygen atoms in total. The molecule has 1 aliphatic rings. The second-order valence-corrected chi connectivity index (χ2v) is 6.44. The highest BCUT2D eigenvalue weighted by atomic mass is 19.4. The Morgan fingerprint density at radius 2 is 1.44 bits per heavy atom. The number of hydrogen-bond acceptors (Lipinski definition) is 2. The van der Waals surface area contributed by atoms with E-state index in [1.807, 2.05) is 0 Å². The minimum Gasteiger partial charge on any atom is -0.406 e. The Morgan fingerprint density at radius 1 is 0.815 bits per heavy atom. The van der Waals surface area contributed by atoms with Gasteiger partial charge in [0.15, 0.2) is 0 Å². The van der Waals surface area contributed by atoms with Gasteiger partial charge >= 0.3 is 12.5 Å². The first kappa shape index (κ1) is 19.5. The van der Waals surface area contributed by atoms with Gasteiger partial charge in [0.1, 0.15) is 5.75 Å². The maximum Gasteiger partial charge on any atom is 0.573 e. The first-order valence-electron chi connectivity index (χ1n) is 8.41. The molecule has 0 saturated carbocycles. The monoisotopic (exact) mass is 389 g/mol. The van der Waals surface area contributed by atoms with Crippen LogP contribution in [0.15, 0.2) is 42.5 Å². The Kier molecular flexibility index (Phi) is 5.37. The zero-order chi connectivity index (χ0) is 19.7. The predicted octanol–water partition coefficient (Wildman–Crippen LogP) is 5.74. The van der Waals surface area contributed by atoms with Gasteiger partial charge < -0.3 is 10.1 Å². The summed E-state index contributed by atoms with van der Waals surface area (Å²) < 4.78 is 80.5. The zero-order valence-electron chi connectivity index (χ0n) is 14.1. The zero-order valence-corrected chi connectivity index (χ0v) is 14.1. The van der Waals surface area contributed by atoms with Crippen LogP contribution in [0.3, 0.4) is 0 Å². The van der Waals surface area contributed by atoms with Crippen LogP contribution in [0.25, 0.3) is 11.1 Å². The van der Waals surface area contributed by atoms with Crippen molar-refractivity contribution in [3.05, 3.63) is 53.6 Å². The molecule has 1 saturated heterocycles. The first-order chi connectivity index (χ1) is 12.6. The smallest absolute Gasteiger partial charge is 0.406 e. The van der Waals surface area contributed by atoms with Crippen LogP contribution in [0.5, 0.6) is 5.75 Å². The summed E-state index contributed by atoms with van der Waals surface area (Å²) in [6, 6.07) is 8.70. The van der Waals surface area contributed by atoms with E-state index in [1.165, 1.54) is 18.2 Å². The van der Waals surface area contributed by atoms with E-state index >= 15 is 0 Å². The van der Waals surface area contributed by atoms with Crippen molar-refractivity contribution >= 4 is 0 Å². The maximum atomic E-state index is 13.3. The number of rotatable bonds is 3. The molecule has 0 aromatic heterocycles. The molecule has 146 valence electrons. The number of ether oxygens (including phenoxy) is 1. The number of hydrogen-bond donors (Lipinski definition) is 1. The summed E-state index contributed by atoms with van der Waals surface area (Å²) in [5.41, 5.74) is 0.545. The summed E-state index contributed by atoms with van der Waals surface area (Å²) in [6.45, 7) is 1.47. The number of halogens is 6. The van der Waals surface area contributed by atoms with Gasteiger partial charge in [-0.15, -0.1) is 13.2 Å². The van der Waals surface area contributed by atoms with Gasteiger partial charge in [-0.3, -0.25) is 0 Å². The molecule has 1 fully saturated rings. The lowest BCUT2D eigenvalue weighted by Gasteiger charge is -2.24. The van der Waals surface area contributed by atoms with Crippen LogP contribution in [0.1, 0.15) is 29.9 Å². The first-order valence-corrected chi connectivity index (χ1v) is 8.41. The van der Waals surface area contributed by atoms with Crippen molar-refractivity contribution in [2.45, 2.75) is 31.3 Å². The highest BCUT2D eigenvalue weighted by Gasteiger charge is 2.33. The molecule has 2 aromatic carbocycles. The van der Waals surface area contributed by atoms with E-state index in [0.29, 0.717) is 16.7 Å². The van der Waals surface area contributed by atoms with Crippen LogP contribution in [0.4, 0.5) is 26.3 Å². The molecule has 0 atom stereocenters. The third-order valence-corrected chi connectivity index (χ3v) is 4.51. The number of nitrogens with one attached hydrogen (secondary N) is 1. The van der Waals surface area contributed by atoms with Crippen molar-refractivity contribution in [2.75, 3.05) is 13.1 Å². The second kappa shape index (κ2) is 7.42. The maximum absolute atomic E-state index is 13.3. The molecule has 1 heterocycles. The van der Waals surface area contributed by atoms with Crippen molar-refractivity contribution < 1.29 is 31.1 Å². The van der Waals surface area contributed by atoms with Gasteiger partial charge in [-0.1, -0.05) is 18.2 Å². The summed E-state index contributed by atoms with van der Waals surface area (Å²) >= 11 is 0. The third-order valence-electron chi connectivity index (χ3n) is 4.51. The van der Waals surface area contributed by atoms with Gasteiger partial charge in [0.05, 0.1) is 5.56 Å². The van der Waals surface area contributed by atoms with E-state index in [1.54, 1.807) is 6.07 Å². The molecule has 27 heavy (non-hydrogen) atoms. The number of piperidine rings is 1. The summed E-state index contributed by atoms with van der Waals surface area (Å²) in [6.07, 6.45) is -7.85. The van der Waals surface area contributed by atoms with Crippen molar-refractivity contribution in [1.29, 1.82) is 0 Å². The van der Waals surface area contributed by atoms with Crippen molar-refractivity contribution in [1.82, 2.24) is 5.32 Å². The normalized spacial score (nSPS) is 16.4. The fourth-order valence-corrected chi connectivity index (χ4v) is 3.22. The second-order valence-electron chi connectivity index (χ2n) is 6.44. The van der Waals surface area contributed by atoms with E-state index in [4.69, 9.17) is 0 Å². The lowest BCUT2D eigenvalue weighted by Crippen LogP contribution is -2.26. The molecule has 1 N–H and O–H groups in total. The Morgan fingerprint density at radius 3 is 2.00 bits per heavy atom. The highest BCUT2D eigenvalue weighted by Crippen LogP contribution is 2.37. The molecule has 0 radical (unpaired) electrons. The van der Waals surface area contributed by atoms with Crippen molar-refractivity contribution in [3.8, 4) is 16.9 Å². The van der Waals surface area contributed by atoms with Gasteiger partial charge in [0, 0.05) is 0 Å². The fraction of sp³-hybridized carbons (Fsp3) is 0.368. The standard InChI is InChI=1S/C19H17F6NO/c20-18(21,22)16-10-14(9-15(11-16)13-5-7-26-8-6-13)12-1-3-17(4-2-12)27-19(23,24)25/h1-4,9-11,13,26H,5-8H2. The van der Waals surface area contributed by atoms with Crippen LogP contribution in [0.2, 0.25) is 0 Å². The Labute approximate surface area is 152 Å².